The third-order valence-electron chi connectivity index (χ3n) is 3.04. The van der Waals surface area contributed by atoms with E-state index < -0.39 is 0 Å². The van der Waals surface area contributed by atoms with E-state index in [1.165, 1.54) is 0 Å². The summed E-state index contributed by atoms with van der Waals surface area (Å²) in [5.41, 5.74) is 2.16. The molecule has 0 aromatic carbocycles. The summed E-state index contributed by atoms with van der Waals surface area (Å²) in [4.78, 5) is 4.28. The molecule has 2 heterocycles. The van der Waals surface area contributed by atoms with Crippen molar-refractivity contribution in [2.24, 2.45) is 5.84 Å². The summed E-state index contributed by atoms with van der Waals surface area (Å²) >= 11 is 0. The van der Waals surface area contributed by atoms with Crippen molar-refractivity contribution in [3.63, 3.8) is 0 Å². The molecule has 17 heavy (non-hydrogen) atoms. The van der Waals surface area contributed by atoms with Crippen LogP contribution in [0.5, 0.6) is 0 Å². The van der Waals surface area contributed by atoms with Gasteiger partial charge in [-0.1, -0.05) is 6.07 Å². The Hall–Kier alpha value is -1.37. The Morgan fingerprint density at radius 1 is 1.35 bits per heavy atom. The van der Waals surface area contributed by atoms with Crippen molar-refractivity contribution in [1.82, 2.24) is 4.98 Å². The van der Waals surface area contributed by atoms with Crippen LogP contribution in [-0.2, 0) is 4.74 Å². The first-order valence-corrected chi connectivity index (χ1v) is 5.68. The van der Waals surface area contributed by atoms with Gasteiger partial charge in [0.1, 0.15) is 11.6 Å². The second kappa shape index (κ2) is 5.31. The van der Waals surface area contributed by atoms with Crippen LogP contribution < -0.4 is 16.6 Å². The van der Waals surface area contributed by atoms with E-state index in [-0.39, 0.29) is 12.1 Å². The number of aromatic nitrogens is 1. The first kappa shape index (κ1) is 12.1. The Morgan fingerprint density at radius 3 is 2.71 bits per heavy atom. The van der Waals surface area contributed by atoms with E-state index in [9.17, 15) is 5.11 Å². The van der Waals surface area contributed by atoms with E-state index in [0.29, 0.717) is 24.8 Å². The average Bonchev–Trinajstić information content (AvgIpc) is 2.40. The number of aliphatic hydroxyl groups is 1. The van der Waals surface area contributed by atoms with Crippen molar-refractivity contribution in [2.75, 3.05) is 30.6 Å². The second-order valence-electron chi connectivity index (χ2n) is 4.23. The van der Waals surface area contributed by atoms with E-state index in [2.05, 4.69) is 15.7 Å². The van der Waals surface area contributed by atoms with Crippen LogP contribution in [0.2, 0.25) is 0 Å². The van der Waals surface area contributed by atoms with E-state index >= 15 is 0 Å². The summed E-state index contributed by atoms with van der Waals surface area (Å²) in [7, 11) is 0. The summed E-state index contributed by atoms with van der Waals surface area (Å²) in [5.74, 6) is 6.61. The quantitative estimate of drug-likeness (QED) is 0.446. The van der Waals surface area contributed by atoms with Crippen molar-refractivity contribution in [3.8, 4) is 0 Å². The molecule has 1 aromatic heterocycles. The van der Waals surface area contributed by atoms with Crippen LogP contribution in [0.15, 0.2) is 18.2 Å². The zero-order chi connectivity index (χ0) is 12.1. The molecule has 0 spiro atoms. The fourth-order valence-corrected chi connectivity index (χ4v) is 1.94. The zero-order valence-corrected chi connectivity index (χ0v) is 9.65. The molecule has 0 amide bonds. The minimum absolute atomic E-state index is 0.0678. The minimum atomic E-state index is -0.335. The van der Waals surface area contributed by atoms with Crippen molar-refractivity contribution >= 4 is 11.6 Å². The molecule has 1 aliphatic heterocycles. The predicted molar refractivity (Wildman–Crippen MR) is 65.5 cm³/mol. The van der Waals surface area contributed by atoms with Crippen LogP contribution in [0.3, 0.4) is 0 Å². The molecular weight excluding hydrogens is 220 g/mol. The van der Waals surface area contributed by atoms with Gasteiger partial charge in [0.15, 0.2) is 0 Å². The molecule has 1 aliphatic rings. The number of hydrogen-bond donors (Lipinski definition) is 4. The van der Waals surface area contributed by atoms with E-state index in [1.807, 2.05) is 12.1 Å². The van der Waals surface area contributed by atoms with Gasteiger partial charge in [-0.25, -0.2) is 10.8 Å². The van der Waals surface area contributed by atoms with Crippen LogP contribution in [0.1, 0.15) is 12.8 Å². The zero-order valence-electron chi connectivity index (χ0n) is 9.65. The molecule has 0 unspecified atom stereocenters. The monoisotopic (exact) mass is 238 g/mol. The molecule has 6 heteroatoms. The summed E-state index contributed by atoms with van der Waals surface area (Å²) in [6.07, 6.45) is 1.54. The first-order chi connectivity index (χ1) is 8.28. The summed E-state index contributed by atoms with van der Waals surface area (Å²) in [6, 6.07) is 5.49. The molecule has 6 nitrogen and oxygen atoms in total. The van der Waals surface area contributed by atoms with Gasteiger partial charge in [-0.15, -0.1) is 0 Å². The largest absolute Gasteiger partial charge is 0.394 e. The lowest BCUT2D eigenvalue weighted by atomic mass is 9.91. The number of nitrogens with two attached hydrogens (primary N) is 1. The number of aliphatic hydroxyl groups excluding tert-OH is 1. The summed E-state index contributed by atoms with van der Waals surface area (Å²) < 4.78 is 5.31. The number of pyridine rings is 1. The fraction of sp³-hybridized carbons (Fsp3) is 0.545. The van der Waals surface area contributed by atoms with Crippen molar-refractivity contribution in [1.29, 1.82) is 0 Å². The first-order valence-electron chi connectivity index (χ1n) is 5.68. The standard InChI is InChI=1S/C11H18N4O2/c12-15-10-3-1-2-9(13-10)14-11(8-16)4-6-17-7-5-11/h1-3,16H,4-8,12H2,(H2,13,14,15). The minimum Gasteiger partial charge on any atom is -0.394 e. The van der Waals surface area contributed by atoms with Crippen molar-refractivity contribution in [3.05, 3.63) is 18.2 Å². The molecule has 0 saturated carbocycles. The molecule has 0 atom stereocenters. The molecule has 0 aliphatic carbocycles. The van der Waals surface area contributed by atoms with E-state index in [0.717, 1.165) is 12.8 Å². The van der Waals surface area contributed by atoms with Gasteiger partial charge < -0.3 is 20.6 Å². The lowest BCUT2D eigenvalue weighted by Crippen LogP contribution is -2.47. The lowest BCUT2D eigenvalue weighted by molar-refractivity contribution is 0.0378. The van der Waals surface area contributed by atoms with Gasteiger partial charge in [-0.3, -0.25) is 0 Å². The smallest absolute Gasteiger partial charge is 0.142 e. The number of hydrazine groups is 1. The van der Waals surface area contributed by atoms with Gasteiger partial charge in [-0.2, -0.15) is 0 Å². The van der Waals surface area contributed by atoms with Gasteiger partial charge >= 0.3 is 0 Å². The second-order valence-corrected chi connectivity index (χ2v) is 4.23. The molecule has 0 radical (unpaired) electrons. The van der Waals surface area contributed by atoms with Gasteiger partial charge in [0.05, 0.1) is 12.1 Å². The number of nitrogen functional groups attached to an aromatic ring is 1. The van der Waals surface area contributed by atoms with E-state index in [4.69, 9.17) is 10.6 Å². The molecule has 1 aromatic rings. The maximum atomic E-state index is 9.54. The molecule has 1 saturated heterocycles. The van der Waals surface area contributed by atoms with Gasteiger partial charge in [0.2, 0.25) is 0 Å². The fourth-order valence-electron chi connectivity index (χ4n) is 1.94. The molecular formula is C11H18N4O2. The van der Waals surface area contributed by atoms with Crippen LogP contribution >= 0.6 is 0 Å². The third-order valence-corrected chi connectivity index (χ3v) is 3.04. The average molecular weight is 238 g/mol. The molecule has 2 rings (SSSR count). The number of rotatable bonds is 4. The summed E-state index contributed by atoms with van der Waals surface area (Å²) in [5, 5.41) is 12.8. The Kier molecular flexibility index (Phi) is 3.78. The predicted octanol–water partition coefficient (Wildman–Crippen LogP) is 0.321. The molecule has 1 fully saturated rings. The summed E-state index contributed by atoms with van der Waals surface area (Å²) in [6.45, 7) is 1.38. The number of ether oxygens (including phenoxy) is 1. The SMILES string of the molecule is NNc1cccc(NC2(CO)CCOCC2)n1. The van der Waals surface area contributed by atoms with Crippen LogP contribution in [0.25, 0.3) is 0 Å². The van der Waals surface area contributed by atoms with Gasteiger partial charge in [0, 0.05) is 13.2 Å². The third kappa shape index (κ3) is 2.85. The number of anilines is 2. The number of hydrogen-bond acceptors (Lipinski definition) is 6. The van der Waals surface area contributed by atoms with Crippen LogP contribution in [0.4, 0.5) is 11.6 Å². The van der Waals surface area contributed by atoms with E-state index in [1.54, 1.807) is 6.07 Å². The Bertz CT molecular complexity index is 366. The Morgan fingerprint density at radius 2 is 2.06 bits per heavy atom. The Labute approximate surface area is 100 Å². The molecule has 0 bridgehead atoms. The van der Waals surface area contributed by atoms with Crippen LogP contribution in [-0.4, -0.2) is 35.5 Å². The maximum absolute atomic E-state index is 9.54. The van der Waals surface area contributed by atoms with Crippen molar-refractivity contribution in [2.45, 2.75) is 18.4 Å². The topological polar surface area (TPSA) is 92.4 Å². The number of nitrogens with zero attached hydrogens (tertiary/aromatic N) is 1. The van der Waals surface area contributed by atoms with Crippen molar-refractivity contribution < 1.29 is 9.84 Å². The molecule has 5 N–H and O–H groups in total. The molecule has 94 valence electrons. The van der Waals surface area contributed by atoms with Gasteiger partial charge in [0.25, 0.3) is 0 Å². The maximum Gasteiger partial charge on any atom is 0.142 e. The number of nitrogens with one attached hydrogen (secondary N) is 2. The lowest BCUT2D eigenvalue weighted by Gasteiger charge is -2.36. The highest BCUT2D eigenvalue weighted by Gasteiger charge is 2.32. The highest BCUT2D eigenvalue weighted by atomic mass is 16.5. The highest BCUT2D eigenvalue weighted by Crippen LogP contribution is 2.25. The normalized spacial score (nSPS) is 18.7. The van der Waals surface area contributed by atoms with Gasteiger partial charge in [-0.05, 0) is 25.0 Å². The van der Waals surface area contributed by atoms with Crippen LogP contribution in [0, 0.1) is 0 Å². The Balaban J connectivity index is 2.11. The highest BCUT2D eigenvalue weighted by molar-refractivity contribution is 5.46.